The second kappa shape index (κ2) is 4.23. The molecule has 94 valence electrons. The van der Waals surface area contributed by atoms with Crippen molar-refractivity contribution >= 4 is 10.2 Å². The molecule has 2 aliphatic heterocycles. The lowest BCUT2D eigenvalue weighted by Crippen LogP contribution is -2.60. The van der Waals surface area contributed by atoms with Crippen molar-refractivity contribution in [3.8, 4) is 0 Å². The van der Waals surface area contributed by atoms with Crippen LogP contribution in [0.1, 0.15) is 19.8 Å². The van der Waals surface area contributed by atoms with E-state index in [2.05, 4.69) is 0 Å². The first-order chi connectivity index (χ1) is 7.41. The minimum Gasteiger partial charge on any atom is -0.378 e. The average Bonchev–Trinajstić information content (AvgIpc) is 2.16. The van der Waals surface area contributed by atoms with Crippen LogP contribution >= 0.6 is 0 Å². The van der Waals surface area contributed by atoms with Crippen molar-refractivity contribution in [1.29, 1.82) is 0 Å². The van der Waals surface area contributed by atoms with Crippen LogP contribution in [0.25, 0.3) is 0 Å². The molecule has 2 aliphatic rings. The summed E-state index contributed by atoms with van der Waals surface area (Å²) >= 11 is 0. The number of hydrogen-bond donors (Lipinski definition) is 1. The standard InChI is InChI=1S/C9H18N2O4S/c1-8-5-11(16(10,12)13)6-9(15-8)3-2-4-14-7-9/h8H,2-7H2,1H3,(H2,10,12,13)/t8-,9+/m0/s1. The maximum absolute atomic E-state index is 11.4. The van der Waals surface area contributed by atoms with Gasteiger partial charge in [0.05, 0.1) is 12.7 Å². The van der Waals surface area contributed by atoms with E-state index >= 15 is 0 Å². The molecule has 2 heterocycles. The minimum atomic E-state index is -3.64. The fourth-order valence-corrected chi connectivity index (χ4v) is 3.25. The highest BCUT2D eigenvalue weighted by Crippen LogP contribution is 2.30. The van der Waals surface area contributed by atoms with Crippen molar-refractivity contribution in [3.63, 3.8) is 0 Å². The van der Waals surface area contributed by atoms with Crippen molar-refractivity contribution in [2.45, 2.75) is 31.5 Å². The van der Waals surface area contributed by atoms with Gasteiger partial charge in [0.15, 0.2) is 0 Å². The number of nitrogens with zero attached hydrogens (tertiary/aromatic N) is 1. The molecule has 2 atom stereocenters. The summed E-state index contributed by atoms with van der Waals surface area (Å²) < 4.78 is 35.3. The monoisotopic (exact) mass is 250 g/mol. The lowest BCUT2D eigenvalue weighted by molar-refractivity contribution is -0.183. The Morgan fingerprint density at radius 1 is 1.50 bits per heavy atom. The van der Waals surface area contributed by atoms with Crippen LogP contribution in [-0.2, 0) is 19.7 Å². The third kappa shape index (κ3) is 2.54. The summed E-state index contributed by atoms with van der Waals surface area (Å²) in [5.41, 5.74) is -0.498. The number of hydrogen-bond acceptors (Lipinski definition) is 4. The van der Waals surface area contributed by atoms with Crippen LogP contribution in [0.15, 0.2) is 0 Å². The van der Waals surface area contributed by atoms with Gasteiger partial charge < -0.3 is 9.47 Å². The van der Waals surface area contributed by atoms with E-state index in [0.717, 1.165) is 19.4 Å². The predicted octanol–water partition coefficient (Wildman–Crippen LogP) is -0.540. The molecule has 0 saturated carbocycles. The quantitative estimate of drug-likeness (QED) is 0.677. The van der Waals surface area contributed by atoms with Gasteiger partial charge in [-0.1, -0.05) is 0 Å². The molecule has 2 saturated heterocycles. The van der Waals surface area contributed by atoms with Crippen LogP contribution in [0.4, 0.5) is 0 Å². The fourth-order valence-electron chi connectivity index (χ4n) is 2.41. The molecular formula is C9H18N2O4S. The summed E-state index contributed by atoms with van der Waals surface area (Å²) in [4.78, 5) is 0. The van der Waals surface area contributed by atoms with E-state index < -0.39 is 15.8 Å². The van der Waals surface area contributed by atoms with Crippen molar-refractivity contribution < 1.29 is 17.9 Å². The molecule has 0 unspecified atom stereocenters. The van der Waals surface area contributed by atoms with E-state index in [1.54, 1.807) is 0 Å². The van der Waals surface area contributed by atoms with E-state index in [-0.39, 0.29) is 6.10 Å². The van der Waals surface area contributed by atoms with Gasteiger partial charge >= 0.3 is 0 Å². The van der Waals surface area contributed by atoms with Gasteiger partial charge in [-0.3, -0.25) is 0 Å². The number of ether oxygens (including phenoxy) is 2. The lowest BCUT2D eigenvalue weighted by Gasteiger charge is -2.46. The molecule has 2 N–H and O–H groups in total. The molecule has 0 aromatic rings. The molecule has 2 fully saturated rings. The average molecular weight is 250 g/mol. The highest BCUT2D eigenvalue weighted by Gasteiger charge is 2.43. The Morgan fingerprint density at radius 3 is 2.81 bits per heavy atom. The molecular weight excluding hydrogens is 232 g/mol. The molecule has 0 bridgehead atoms. The van der Waals surface area contributed by atoms with Gasteiger partial charge in [0.25, 0.3) is 10.2 Å². The van der Waals surface area contributed by atoms with Crippen LogP contribution in [0.3, 0.4) is 0 Å². The van der Waals surface area contributed by atoms with E-state index in [1.165, 1.54) is 4.31 Å². The summed E-state index contributed by atoms with van der Waals surface area (Å²) in [6.45, 7) is 3.64. The molecule has 0 aromatic carbocycles. The van der Waals surface area contributed by atoms with E-state index in [0.29, 0.717) is 19.7 Å². The molecule has 7 heteroatoms. The normalized spacial score (nSPS) is 37.8. The zero-order valence-electron chi connectivity index (χ0n) is 9.39. The van der Waals surface area contributed by atoms with Crippen LogP contribution in [-0.4, -0.2) is 50.7 Å². The van der Waals surface area contributed by atoms with Gasteiger partial charge in [-0.25, -0.2) is 5.14 Å². The largest absolute Gasteiger partial charge is 0.378 e. The summed E-state index contributed by atoms with van der Waals surface area (Å²) in [5, 5.41) is 5.16. The molecule has 0 radical (unpaired) electrons. The first-order valence-corrected chi connectivity index (χ1v) is 6.95. The Hall–Kier alpha value is -0.210. The zero-order chi connectivity index (χ0) is 11.8. The van der Waals surface area contributed by atoms with Crippen LogP contribution in [0.5, 0.6) is 0 Å². The second-order valence-corrected chi connectivity index (χ2v) is 6.15. The number of rotatable bonds is 1. The van der Waals surface area contributed by atoms with E-state index in [4.69, 9.17) is 14.6 Å². The Kier molecular flexibility index (Phi) is 3.24. The fraction of sp³-hybridized carbons (Fsp3) is 1.00. The second-order valence-electron chi connectivity index (χ2n) is 4.61. The first-order valence-electron chi connectivity index (χ1n) is 5.45. The maximum Gasteiger partial charge on any atom is 0.277 e. The van der Waals surface area contributed by atoms with Crippen LogP contribution < -0.4 is 5.14 Å². The molecule has 0 aliphatic carbocycles. The molecule has 0 amide bonds. The lowest BCUT2D eigenvalue weighted by atomic mass is 9.94. The zero-order valence-corrected chi connectivity index (χ0v) is 10.2. The van der Waals surface area contributed by atoms with Crippen LogP contribution in [0.2, 0.25) is 0 Å². The summed E-state index contributed by atoms with van der Waals surface area (Å²) in [7, 11) is -3.64. The van der Waals surface area contributed by atoms with E-state index in [9.17, 15) is 8.42 Å². The molecule has 6 nitrogen and oxygen atoms in total. The Bertz CT molecular complexity index is 351. The molecule has 0 aromatic heterocycles. The Balaban J connectivity index is 2.16. The third-order valence-electron chi connectivity index (χ3n) is 3.02. The molecule has 2 rings (SSSR count). The van der Waals surface area contributed by atoms with Gasteiger partial charge in [0.2, 0.25) is 0 Å². The summed E-state index contributed by atoms with van der Waals surface area (Å²) in [5.74, 6) is 0. The SMILES string of the molecule is C[C@H]1CN(S(N)(=O)=O)C[C@@]2(CCCOC2)O1. The first kappa shape index (κ1) is 12.3. The molecule has 16 heavy (non-hydrogen) atoms. The topological polar surface area (TPSA) is 81.9 Å². The van der Waals surface area contributed by atoms with Crippen molar-refractivity contribution in [2.75, 3.05) is 26.3 Å². The van der Waals surface area contributed by atoms with Gasteiger partial charge in [0, 0.05) is 19.7 Å². The minimum absolute atomic E-state index is 0.145. The predicted molar refractivity (Wildman–Crippen MR) is 58.0 cm³/mol. The van der Waals surface area contributed by atoms with Crippen LogP contribution in [0, 0.1) is 0 Å². The van der Waals surface area contributed by atoms with Gasteiger partial charge in [-0.2, -0.15) is 12.7 Å². The van der Waals surface area contributed by atoms with Crippen molar-refractivity contribution in [2.24, 2.45) is 5.14 Å². The Morgan fingerprint density at radius 2 is 2.25 bits per heavy atom. The highest BCUT2D eigenvalue weighted by atomic mass is 32.2. The highest BCUT2D eigenvalue weighted by molar-refractivity contribution is 7.86. The number of morpholine rings is 1. The number of nitrogens with two attached hydrogens (primary N) is 1. The molecule has 1 spiro atoms. The third-order valence-corrected chi connectivity index (χ3v) is 4.02. The maximum atomic E-state index is 11.4. The van der Waals surface area contributed by atoms with Gasteiger partial charge in [0.1, 0.15) is 5.60 Å². The summed E-state index contributed by atoms with van der Waals surface area (Å²) in [6.07, 6.45) is 1.57. The van der Waals surface area contributed by atoms with Gasteiger partial charge in [-0.15, -0.1) is 0 Å². The Labute approximate surface area is 95.9 Å². The van der Waals surface area contributed by atoms with E-state index in [1.807, 2.05) is 6.92 Å². The van der Waals surface area contributed by atoms with Gasteiger partial charge in [-0.05, 0) is 19.8 Å². The van der Waals surface area contributed by atoms with Crippen molar-refractivity contribution in [1.82, 2.24) is 4.31 Å². The summed E-state index contributed by atoms with van der Waals surface area (Å²) in [6, 6.07) is 0. The smallest absolute Gasteiger partial charge is 0.277 e. The van der Waals surface area contributed by atoms with Crippen molar-refractivity contribution in [3.05, 3.63) is 0 Å².